The number of hydrogen-bond acceptors (Lipinski definition) is 5. The summed E-state index contributed by atoms with van der Waals surface area (Å²) in [5.41, 5.74) is 2.10. The van der Waals surface area contributed by atoms with Crippen molar-refractivity contribution in [2.45, 2.75) is 59.0 Å². The highest BCUT2D eigenvalue weighted by molar-refractivity contribution is 7.92. The van der Waals surface area contributed by atoms with Gasteiger partial charge in [-0.1, -0.05) is 57.5 Å². The number of amides is 2. The molecule has 0 aliphatic carbocycles. The molecular weight excluding hydrogens is 478 g/mol. The molecule has 0 fully saturated rings. The summed E-state index contributed by atoms with van der Waals surface area (Å²) in [5.74, 6) is -0.00674. The number of para-hydroxylation sites is 1. The van der Waals surface area contributed by atoms with Crippen molar-refractivity contribution in [2.24, 2.45) is 0 Å². The molecule has 0 bridgehead atoms. The zero-order valence-corrected chi connectivity index (χ0v) is 22.8. The van der Waals surface area contributed by atoms with Crippen LogP contribution in [0.3, 0.4) is 0 Å². The van der Waals surface area contributed by atoms with E-state index in [1.165, 1.54) is 4.90 Å². The molecule has 0 heterocycles. The fourth-order valence-electron chi connectivity index (χ4n) is 4.00. The Morgan fingerprint density at radius 1 is 1.03 bits per heavy atom. The van der Waals surface area contributed by atoms with Crippen LogP contribution in [0.2, 0.25) is 0 Å². The number of methoxy groups -OCH3 is 1. The molecule has 0 aromatic heterocycles. The molecular formula is C27H39N3O5S. The third-order valence-electron chi connectivity index (χ3n) is 6.05. The number of hydrogen-bond donors (Lipinski definition) is 1. The second kappa shape index (κ2) is 13.9. The third kappa shape index (κ3) is 7.98. The lowest BCUT2D eigenvalue weighted by molar-refractivity contribution is -0.140. The van der Waals surface area contributed by atoms with E-state index in [1.807, 2.05) is 45.0 Å². The number of anilines is 1. The van der Waals surface area contributed by atoms with E-state index < -0.39 is 28.5 Å². The SMILES string of the molecule is CCCCNC(=O)[C@H](CC)N(Cc1ccc(OC)cc1)C(=O)CN(c1ccccc1CC)S(C)(=O)=O. The predicted molar refractivity (Wildman–Crippen MR) is 144 cm³/mol. The Hall–Kier alpha value is -3.07. The number of sulfonamides is 1. The maximum absolute atomic E-state index is 13.8. The van der Waals surface area contributed by atoms with Gasteiger partial charge in [-0.15, -0.1) is 0 Å². The Bertz CT molecular complexity index is 1100. The minimum atomic E-state index is -3.76. The number of carbonyl (C=O) groups is 2. The molecule has 0 radical (unpaired) electrons. The monoisotopic (exact) mass is 517 g/mol. The van der Waals surface area contributed by atoms with Gasteiger partial charge in [0, 0.05) is 13.1 Å². The van der Waals surface area contributed by atoms with Crippen molar-refractivity contribution >= 4 is 27.5 Å². The Kier molecular flexibility index (Phi) is 11.2. The molecule has 8 nitrogen and oxygen atoms in total. The van der Waals surface area contributed by atoms with Gasteiger partial charge in [-0.3, -0.25) is 13.9 Å². The number of aryl methyl sites for hydroxylation is 1. The summed E-state index contributed by atoms with van der Waals surface area (Å²) in [5, 5.41) is 2.92. The highest BCUT2D eigenvalue weighted by Crippen LogP contribution is 2.24. The Balaban J connectivity index is 2.43. The van der Waals surface area contributed by atoms with Crippen molar-refractivity contribution in [2.75, 3.05) is 30.8 Å². The number of ether oxygens (including phenoxy) is 1. The zero-order chi connectivity index (χ0) is 26.7. The fraction of sp³-hybridized carbons (Fsp3) is 0.481. The summed E-state index contributed by atoms with van der Waals surface area (Å²) in [7, 11) is -2.19. The molecule has 2 aromatic carbocycles. The van der Waals surface area contributed by atoms with Crippen molar-refractivity contribution < 1.29 is 22.7 Å². The first-order valence-electron chi connectivity index (χ1n) is 12.4. The smallest absolute Gasteiger partial charge is 0.244 e. The molecule has 2 aromatic rings. The highest BCUT2D eigenvalue weighted by Gasteiger charge is 2.32. The van der Waals surface area contributed by atoms with Crippen LogP contribution in [-0.2, 0) is 32.6 Å². The molecule has 36 heavy (non-hydrogen) atoms. The van der Waals surface area contributed by atoms with Crippen LogP contribution in [0.25, 0.3) is 0 Å². The summed E-state index contributed by atoms with van der Waals surface area (Å²) in [6.45, 7) is 6.11. The molecule has 0 aliphatic rings. The molecule has 0 spiro atoms. The molecule has 198 valence electrons. The van der Waals surface area contributed by atoms with Crippen LogP contribution < -0.4 is 14.4 Å². The quantitative estimate of drug-likeness (QED) is 0.385. The van der Waals surface area contributed by atoms with Crippen molar-refractivity contribution in [1.82, 2.24) is 10.2 Å². The number of benzene rings is 2. The lowest BCUT2D eigenvalue weighted by atomic mass is 10.1. The van der Waals surface area contributed by atoms with Gasteiger partial charge in [-0.25, -0.2) is 8.42 Å². The van der Waals surface area contributed by atoms with E-state index in [4.69, 9.17) is 4.74 Å². The van der Waals surface area contributed by atoms with E-state index >= 15 is 0 Å². The van der Waals surface area contributed by atoms with Crippen molar-refractivity contribution in [3.63, 3.8) is 0 Å². The first-order chi connectivity index (χ1) is 17.2. The van der Waals surface area contributed by atoms with E-state index in [-0.39, 0.29) is 12.5 Å². The average molecular weight is 518 g/mol. The molecule has 0 saturated heterocycles. The largest absolute Gasteiger partial charge is 0.497 e. The van der Waals surface area contributed by atoms with Gasteiger partial charge in [-0.2, -0.15) is 0 Å². The summed E-state index contributed by atoms with van der Waals surface area (Å²) in [4.78, 5) is 28.3. The second-order valence-corrected chi connectivity index (χ2v) is 10.6. The van der Waals surface area contributed by atoms with Crippen LogP contribution in [0.15, 0.2) is 48.5 Å². The third-order valence-corrected chi connectivity index (χ3v) is 7.17. The fourth-order valence-corrected chi connectivity index (χ4v) is 4.88. The maximum atomic E-state index is 13.8. The van der Waals surface area contributed by atoms with E-state index in [0.717, 1.165) is 34.5 Å². The first-order valence-corrected chi connectivity index (χ1v) is 14.3. The maximum Gasteiger partial charge on any atom is 0.244 e. The summed E-state index contributed by atoms with van der Waals surface area (Å²) >= 11 is 0. The van der Waals surface area contributed by atoms with Gasteiger partial charge >= 0.3 is 0 Å². The molecule has 0 unspecified atom stereocenters. The highest BCUT2D eigenvalue weighted by atomic mass is 32.2. The van der Waals surface area contributed by atoms with Gasteiger partial charge in [0.15, 0.2) is 0 Å². The molecule has 1 N–H and O–H groups in total. The van der Waals surface area contributed by atoms with E-state index in [1.54, 1.807) is 31.4 Å². The van der Waals surface area contributed by atoms with Gasteiger partial charge in [0.1, 0.15) is 18.3 Å². The van der Waals surface area contributed by atoms with Crippen LogP contribution in [0, 0.1) is 0 Å². The number of carbonyl (C=O) groups excluding carboxylic acids is 2. The van der Waals surface area contributed by atoms with Gasteiger partial charge in [0.2, 0.25) is 21.8 Å². The van der Waals surface area contributed by atoms with Crippen LogP contribution in [0.5, 0.6) is 5.75 Å². The van der Waals surface area contributed by atoms with Crippen LogP contribution >= 0.6 is 0 Å². The van der Waals surface area contributed by atoms with Gasteiger partial charge in [0.25, 0.3) is 0 Å². The minimum absolute atomic E-state index is 0.162. The number of nitrogens with zero attached hydrogens (tertiary/aromatic N) is 2. The topological polar surface area (TPSA) is 96.0 Å². The van der Waals surface area contributed by atoms with Crippen LogP contribution in [-0.4, -0.2) is 57.6 Å². The number of nitrogens with one attached hydrogen (secondary N) is 1. The zero-order valence-electron chi connectivity index (χ0n) is 22.0. The Labute approximate surface area is 215 Å². The molecule has 2 rings (SSSR count). The van der Waals surface area contributed by atoms with Crippen molar-refractivity contribution in [1.29, 1.82) is 0 Å². The molecule has 0 aliphatic heterocycles. The van der Waals surface area contributed by atoms with E-state index in [2.05, 4.69) is 5.32 Å². The second-order valence-electron chi connectivity index (χ2n) is 8.69. The summed E-state index contributed by atoms with van der Waals surface area (Å²) < 4.78 is 32.0. The lowest BCUT2D eigenvalue weighted by Gasteiger charge is -2.33. The molecule has 0 saturated carbocycles. The van der Waals surface area contributed by atoms with E-state index in [9.17, 15) is 18.0 Å². The number of rotatable bonds is 14. The minimum Gasteiger partial charge on any atom is -0.497 e. The van der Waals surface area contributed by atoms with Crippen molar-refractivity contribution in [3.05, 3.63) is 59.7 Å². The van der Waals surface area contributed by atoms with Crippen LogP contribution in [0.1, 0.15) is 51.2 Å². The first kappa shape index (κ1) is 29.2. The predicted octanol–water partition coefficient (Wildman–Crippen LogP) is 3.75. The standard InChI is InChI=1S/C27H39N3O5S/c1-6-9-18-28-27(32)24(8-3)29(19-21-14-16-23(35-4)17-15-21)26(31)20-30(36(5,33)34)25-13-11-10-12-22(25)7-2/h10-17,24H,6-9,18-20H2,1-5H3,(H,28,32)/t24-/m0/s1. The summed E-state index contributed by atoms with van der Waals surface area (Å²) in [6, 6.07) is 13.7. The van der Waals surface area contributed by atoms with E-state index in [0.29, 0.717) is 30.8 Å². The van der Waals surface area contributed by atoms with Gasteiger partial charge < -0.3 is 15.0 Å². The molecule has 9 heteroatoms. The van der Waals surface area contributed by atoms with Crippen LogP contribution in [0.4, 0.5) is 5.69 Å². The number of unbranched alkanes of at least 4 members (excludes halogenated alkanes) is 1. The van der Waals surface area contributed by atoms with Gasteiger partial charge in [0.05, 0.1) is 19.1 Å². The average Bonchev–Trinajstić information content (AvgIpc) is 2.86. The summed E-state index contributed by atoms with van der Waals surface area (Å²) in [6.07, 6.45) is 3.87. The van der Waals surface area contributed by atoms with Gasteiger partial charge in [-0.05, 0) is 48.6 Å². The van der Waals surface area contributed by atoms with Crippen molar-refractivity contribution in [3.8, 4) is 5.75 Å². The molecule has 2 amide bonds. The Morgan fingerprint density at radius 2 is 1.69 bits per heavy atom. The Morgan fingerprint density at radius 3 is 2.25 bits per heavy atom. The molecule has 1 atom stereocenters. The normalized spacial score (nSPS) is 12.0. The lowest BCUT2D eigenvalue weighted by Crippen LogP contribution is -2.52.